The van der Waals surface area contributed by atoms with E-state index in [1.54, 1.807) is 0 Å². The summed E-state index contributed by atoms with van der Waals surface area (Å²) in [6.07, 6.45) is 0. The molecule has 1 nitrogen and oxygen atoms in total. The van der Waals surface area contributed by atoms with Crippen LogP contribution in [0.2, 0.25) is 0 Å². The number of benzene rings is 8. The Hall–Kier alpha value is -5.92. The molecule has 0 unspecified atom stereocenters. The van der Waals surface area contributed by atoms with E-state index in [0.717, 1.165) is 5.69 Å². The van der Waals surface area contributed by atoms with Gasteiger partial charge >= 0.3 is 0 Å². The molecule has 1 heteroatoms. The maximum atomic E-state index is 2.53. The summed E-state index contributed by atoms with van der Waals surface area (Å²) in [4.78, 5) is 2.53. The van der Waals surface area contributed by atoms with Gasteiger partial charge in [0.2, 0.25) is 0 Å². The van der Waals surface area contributed by atoms with E-state index >= 15 is 0 Å². The van der Waals surface area contributed by atoms with Crippen LogP contribution in [0, 0.1) is 0 Å². The Kier molecular flexibility index (Phi) is 7.40. The topological polar surface area (TPSA) is 3.24 Å². The molecular formula is C50H41N. The first-order valence-electron chi connectivity index (χ1n) is 18.1. The Balaban J connectivity index is 1.35. The van der Waals surface area contributed by atoms with Gasteiger partial charge in [-0.25, -0.2) is 0 Å². The van der Waals surface area contributed by atoms with Crippen LogP contribution in [-0.2, 0) is 5.41 Å². The number of anilines is 3. The molecule has 8 aromatic carbocycles. The van der Waals surface area contributed by atoms with Gasteiger partial charge in [-0.1, -0.05) is 167 Å². The van der Waals surface area contributed by atoms with Crippen LogP contribution in [0.3, 0.4) is 0 Å². The third kappa shape index (κ3) is 5.07. The van der Waals surface area contributed by atoms with Crippen LogP contribution in [-0.4, -0.2) is 0 Å². The molecule has 8 aromatic rings. The van der Waals surface area contributed by atoms with Gasteiger partial charge < -0.3 is 4.90 Å². The standard InChI is InChI=1S/C50H41N/c1-33(2)39-22-12-13-24-42(39)44-30-36-19-8-9-20-37(36)31-48(44)51(47-27-14-21-34-18-10-11-23-40(34)47)38-28-29-43-46(32-38)50(3,4)45-26-15-25-41(49(43)45)35-16-6-5-7-17-35/h5-33H,1-4H3. The molecule has 0 saturated heterocycles. The monoisotopic (exact) mass is 655 g/mol. The van der Waals surface area contributed by atoms with Crippen molar-refractivity contribution in [1.82, 2.24) is 0 Å². The molecule has 246 valence electrons. The van der Waals surface area contributed by atoms with Gasteiger partial charge in [-0.05, 0) is 96.9 Å². The molecule has 0 N–H and O–H groups in total. The zero-order chi connectivity index (χ0) is 34.7. The van der Waals surface area contributed by atoms with Crippen molar-refractivity contribution in [3.8, 4) is 33.4 Å². The molecule has 0 spiro atoms. The average Bonchev–Trinajstić information content (AvgIpc) is 3.40. The van der Waals surface area contributed by atoms with Gasteiger partial charge in [0, 0.05) is 22.1 Å². The first-order chi connectivity index (χ1) is 24.9. The van der Waals surface area contributed by atoms with Crippen molar-refractivity contribution in [2.75, 3.05) is 4.90 Å². The van der Waals surface area contributed by atoms with Crippen LogP contribution >= 0.6 is 0 Å². The summed E-state index contributed by atoms with van der Waals surface area (Å²) in [7, 11) is 0. The summed E-state index contributed by atoms with van der Waals surface area (Å²) in [6, 6.07) is 62.9. The number of fused-ring (bicyclic) bond motifs is 5. The zero-order valence-corrected chi connectivity index (χ0v) is 29.7. The summed E-state index contributed by atoms with van der Waals surface area (Å²) in [5.74, 6) is 0.379. The van der Waals surface area contributed by atoms with E-state index in [9.17, 15) is 0 Å². The van der Waals surface area contributed by atoms with Gasteiger partial charge in [0.25, 0.3) is 0 Å². The molecule has 0 bridgehead atoms. The normalized spacial score (nSPS) is 13.0. The van der Waals surface area contributed by atoms with Crippen molar-refractivity contribution < 1.29 is 0 Å². The quantitative estimate of drug-likeness (QED) is 0.172. The molecule has 0 atom stereocenters. The molecule has 51 heavy (non-hydrogen) atoms. The summed E-state index contributed by atoms with van der Waals surface area (Å²) < 4.78 is 0. The Bertz CT molecular complexity index is 2590. The van der Waals surface area contributed by atoms with Gasteiger partial charge in [-0.3, -0.25) is 0 Å². The van der Waals surface area contributed by atoms with Crippen molar-refractivity contribution in [2.24, 2.45) is 0 Å². The van der Waals surface area contributed by atoms with E-state index in [1.165, 1.54) is 83.0 Å². The SMILES string of the molecule is CC(C)c1ccccc1-c1cc2ccccc2cc1N(c1ccc2c(c1)C(C)(C)c1cccc(-c3ccccc3)c1-2)c1cccc2ccccc12. The lowest BCUT2D eigenvalue weighted by Crippen LogP contribution is -2.17. The van der Waals surface area contributed by atoms with Crippen LogP contribution in [0.4, 0.5) is 17.1 Å². The second-order valence-electron chi connectivity index (χ2n) is 14.7. The lowest BCUT2D eigenvalue weighted by atomic mass is 9.81. The average molecular weight is 656 g/mol. The fourth-order valence-corrected chi connectivity index (χ4v) is 8.46. The van der Waals surface area contributed by atoms with Gasteiger partial charge in [0.15, 0.2) is 0 Å². The smallest absolute Gasteiger partial charge is 0.0546 e. The minimum Gasteiger partial charge on any atom is -0.309 e. The minimum absolute atomic E-state index is 0.174. The largest absolute Gasteiger partial charge is 0.309 e. The van der Waals surface area contributed by atoms with E-state index < -0.39 is 0 Å². The molecule has 0 aromatic heterocycles. The third-order valence-electron chi connectivity index (χ3n) is 11.0. The molecular weight excluding hydrogens is 615 g/mol. The number of hydrogen-bond acceptors (Lipinski definition) is 1. The Labute approximate surface area is 301 Å². The fraction of sp³-hybridized carbons (Fsp3) is 0.120. The second-order valence-corrected chi connectivity index (χ2v) is 14.7. The highest BCUT2D eigenvalue weighted by Crippen LogP contribution is 2.54. The minimum atomic E-state index is -0.174. The van der Waals surface area contributed by atoms with Crippen LogP contribution < -0.4 is 4.90 Å². The van der Waals surface area contributed by atoms with Gasteiger partial charge in [-0.15, -0.1) is 0 Å². The lowest BCUT2D eigenvalue weighted by molar-refractivity contribution is 0.660. The molecule has 0 radical (unpaired) electrons. The van der Waals surface area contributed by atoms with Gasteiger partial charge in [0.05, 0.1) is 11.4 Å². The van der Waals surface area contributed by atoms with Gasteiger partial charge in [0.1, 0.15) is 0 Å². The number of hydrogen-bond donors (Lipinski definition) is 0. The summed E-state index contributed by atoms with van der Waals surface area (Å²) >= 11 is 0. The molecule has 1 aliphatic rings. The van der Waals surface area contributed by atoms with E-state index in [2.05, 4.69) is 202 Å². The maximum absolute atomic E-state index is 2.53. The summed E-state index contributed by atoms with van der Waals surface area (Å²) in [6.45, 7) is 9.37. The molecule has 0 amide bonds. The van der Waals surface area contributed by atoms with E-state index in [4.69, 9.17) is 0 Å². The molecule has 0 fully saturated rings. The van der Waals surface area contributed by atoms with Gasteiger partial charge in [-0.2, -0.15) is 0 Å². The zero-order valence-electron chi connectivity index (χ0n) is 29.7. The van der Waals surface area contributed by atoms with E-state index in [0.29, 0.717) is 5.92 Å². The highest BCUT2D eigenvalue weighted by Gasteiger charge is 2.37. The van der Waals surface area contributed by atoms with Crippen molar-refractivity contribution in [3.63, 3.8) is 0 Å². The van der Waals surface area contributed by atoms with Crippen molar-refractivity contribution in [1.29, 1.82) is 0 Å². The van der Waals surface area contributed by atoms with Crippen molar-refractivity contribution in [2.45, 2.75) is 39.0 Å². The maximum Gasteiger partial charge on any atom is 0.0546 e. The van der Waals surface area contributed by atoms with E-state index in [-0.39, 0.29) is 5.41 Å². The first-order valence-corrected chi connectivity index (χ1v) is 18.1. The predicted octanol–water partition coefficient (Wildman–Crippen LogP) is 14.2. The Morgan fingerprint density at radius 3 is 1.90 bits per heavy atom. The van der Waals surface area contributed by atoms with Crippen LogP contribution in [0.5, 0.6) is 0 Å². The van der Waals surface area contributed by atoms with Crippen LogP contribution in [0.15, 0.2) is 170 Å². The summed E-state index contributed by atoms with van der Waals surface area (Å²) in [5.41, 5.74) is 15.2. The van der Waals surface area contributed by atoms with Crippen molar-refractivity contribution >= 4 is 38.6 Å². The molecule has 9 rings (SSSR count). The lowest BCUT2D eigenvalue weighted by Gasteiger charge is -2.31. The Morgan fingerprint density at radius 2 is 1.10 bits per heavy atom. The summed E-state index contributed by atoms with van der Waals surface area (Å²) in [5, 5.41) is 4.92. The van der Waals surface area contributed by atoms with Crippen LogP contribution in [0.25, 0.3) is 54.9 Å². The number of rotatable bonds is 6. The van der Waals surface area contributed by atoms with E-state index in [1.807, 2.05) is 0 Å². The Morgan fingerprint density at radius 1 is 0.451 bits per heavy atom. The predicted molar refractivity (Wildman–Crippen MR) is 219 cm³/mol. The highest BCUT2D eigenvalue weighted by molar-refractivity contribution is 6.05. The van der Waals surface area contributed by atoms with Crippen LogP contribution in [0.1, 0.15) is 50.3 Å². The molecule has 0 saturated carbocycles. The fourth-order valence-electron chi connectivity index (χ4n) is 8.46. The van der Waals surface area contributed by atoms with Crippen molar-refractivity contribution in [3.05, 3.63) is 187 Å². The molecule has 0 heterocycles. The molecule has 1 aliphatic carbocycles. The second kappa shape index (κ2) is 12.1. The number of nitrogens with zero attached hydrogens (tertiary/aromatic N) is 1. The highest BCUT2D eigenvalue weighted by atomic mass is 15.1. The third-order valence-corrected chi connectivity index (χ3v) is 11.0. The first kappa shape index (κ1) is 31.1. The molecule has 0 aliphatic heterocycles.